The molecule has 2 rings (SSSR count). The summed E-state index contributed by atoms with van der Waals surface area (Å²) >= 11 is 5.30. The van der Waals surface area contributed by atoms with Crippen LogP contribution < -0.4 is 10.6 Å². The predicted octanol–water partition coefficient (Wildman–Crippen LogP) is 3.88. The molecule has 130 valence electrons. The number of hydrogen-bond acceptors (Lipinski definition) is 3. The van der Waals surface area contributed by atoms with Gasteiger partial charge in [-0.15, -0.1) is 0 Å². The van der Waals surface area contributed by atoms with Crippen molar-refractivity contribution < 1.29 is 4.42 Å². The number of nitrogens with zero attached hydrogens (tertiary/aromatic N) is 1. The molecule has 0 unspecified atom stereocenters. The highest BCUT2D eigenvalue weighted by atomic mass is 32.1. The van der Waals surface area contributed by atoms with Gasteiger partial charge in [-0.05, 0) is 31.1 Å². The Morgan fingerprint density at radius 1 is 1.17 bits per heavy atom. The van der Waals surface area contributed by atoms with Gasteiger partial charge >= 0.3 is 0 Å². The Bertz CT molecular complexity index is 659. The zero-order chi connectivity index (χ0) is 17.6. The molecule has 0 radical (unpaired) electrons. The first-order valence-corrected chi connectivity index (χ1v) is 8.79. The second kappa shape index (κ2) is 8.29. The molecule has 1 aromatic carbocycles. The Morgan fingerprint density at radius 2 is 1.88 bits per heavy atom. The third-order valence-corrected chi connectivity index (χ3v) is 3.99. The van der Waals surface area contributed by atoms with E-state index in [2.05, 4.69) is 48.5 Å². The molecule has 0 aliphatic heterocycles. The Labute approximate surface area is 150 Å². The van der Waals surface area contributed by atoms with Gasteiger partial charge in [0.05, 0.1) is 5.69 Å². The van der Waals surface area contributed by atoms with E-state index >= 15 is 0 Å². The van der Waals surface area contributed by atoms with E-state index in [1.54, 1.807) is 0 Å². The number of oxazole rings is 1. The van der Waals surface area contributed by atoms with Gasteiger partial charge in [0.1, 0.15) is 5.76 Å². The number of benzene rings is 1. The zero-order valence-electron chi connectivity index (χ0n) is 15.0. The van der Waals surface area contributed by atoms with Gasteiger partial charge in [-0.25, -0.2) is 4.98 Å². The molecule has 4 nitrogen and oxygen atoms in total. The molecule has 1 aromatic heterocycles. The molecule has 0 bridgehead atoms. The second-order valence-electron chi connectivity index (χ2n) is 6.98. The molecule has 0 saturated heterocycles. The van der Waals surface area contributed by atoms with Crippen LogP contribution in [0.1, 0.15) is 50.1 Å². The van der Waals surface area contributed by atoms with Crippen LogP contribution in [-0.4, -0.2) is 16.6 Å². The average molecular weight is 346 g/mol. The van der Waals surface area contributed by atoms with Crippen LogP contribution in [0.15, 0.2) is 34.7 Å². The van der Waals surface area contributed by atoms with Gasteiger partial charge in [0, 0.05) is 24.9 Å². The lowest BCUT2D eigenvalue weighted by Crippen LogP contribution is -2.35. The fourth-order valence-electron chi connectivity index (χ4n) is 2.27. The predicted molar refractivity (Wildman–Crippen MR) is 102 cm³/mol. The summed E-state index contributed by atoms with van der Waals surface area (Å²) in [5.74, 6) is 1.79. The van der Waals surface area contributed by atoms with Crippen molar-refractivity contribution >= 4 is 17.3 Å². The van der Waals surface area contributed by atoms with Gasteiger partial charge in [0.2, 0.25) is 0 Å². The maximum Gasteiger partial charge on any atom is 0.199 e. The summed E-state index contributed by atoms with van der Waals surface area (Å²) in [5, 5.41) is 7.14. The molecule has 0 aliphatic rings. The number of hydrogen-bond donors (Lipinski definition) is 2. The minimum atomic E-state index is -0.0514. The first kappa shape index (κ1) is 18.5. The molecule has 2 N–H and O–H groups in total. The van der Waals surface area contributed by atoms with Gasteiger partial charge in [-0.3, -0.25) is 0 Å². The molecule has 0 amide bonds. The Morgan fingerprint density at radius 3 is 2.50 bits per heavy atom. The maximum atomic E-state index is 5.90. The van der Waals surface area contributed by atoms with Crippen molar-refractivity contribution in [1.29, 1.82) is 0 Å². The van der Waals surface area contributed by atoms with Gasteiger partial charge in [-0.1, -0.05) is 51.1 Å². The van der Waals surface area contributed by atoms with Crippen LogP contribution in [0, 0.1) is 6.92 Å². The average Bonchev–Trinajstić information content (AvgIpc) is 2.92. The smallest absolute Gasteiger partial charge is 0.199 e. The van der Waals surface area contributed by atoms with Crippen molar-refractivity contribution in [2.45, 2.75) is 52.5 Å². The van der Waals surface area contributed by atoms with Crippen LogP contribution in [0.2, 0.25) is 0 Å². The molecule has 0 atom stereocenters. The summed E-state index contributed by atoms with van der Waals surface area (Å²) in [5.41, 5.74) is 2.16. The highest BCUT2D eigenvalue weighted by Crippen LogP contribution is 2.24. The van der Waals surface area contributed by atoms with Gasteiger partial charge in [-0.2, -0.15) is 0 Å². The first-order valence-electron chi connectivity index (χ1n) is 8.38. The largest absolute Gasteiger partial charge is 0.445 e. The van der Waals surface area contributed by atoms with E-state index in [1.165, 1.54) is 5.56 Å². The van der Waals surface area contributed by atoms with Crippen molar-refractivity contribution in [3.05, 3.63) is 53.2 Å². The van der Waals surface area contributed by atoms with Gasteiger partial charge < -0.3 is 15.1 Å². The number of thiocarbonyl (C=S) groups is 1. The summed E-state index contributed by atoms with van der Waals surface area (Å²) < 4.78 is 5.90. The van der Waals surface area contributed by atoms with Crippen LogP contribution in [0.25, 0.3) is 0 Å². The monoisotopic (exact) mass is 345 g/mol. The highest BCUT2D eigenvalue weighted by molar-refractivity contribution is 7.80. The topological polar surface area (TPSA) is 50.1 Å². The highest BCUT2D eigenvalue weighted by Gasteiger charge is 2.21. The lowest BCUT2D eigenvalue weighted by Gasteiger charge is -2.12. The summed E-state index contributed by atoms with van der Waals surface area (Å²) in [6.07, 6.45) is 1.82. The lowest BCUT2D eigenvalue weighted by molar-refractivity contribution is 0.370. The van der Waals surface area contributed by atoms with Crippen molar-refractivity contribution in [3.63, 3.8) is 0 Å². The van der Waals surface area contributed by atoms with E-state index in [4.69, 9.17) is 16.6 Å². The minimum absolute atomic E-state index is 0.0514. The number of nitrogens with one attached hydrogen (secondary N) is 2. The molecule has 0 fully saturated rings. The molecule has 0 spiro atoms. The van der Waals surface area contributed by atoms with Crippen LogP contribution in [0.3, 0.4) is 0 Å². The number of aromatic nitrogens is 1. The molecule has 2 aromatic rings. The third kappa shape index (κ3) is 5.64. The molecule has 5 heteroatoms. The number of rotatable bonds is 6. The van der Waals surface area contributed by atoms with Crippen molar-refractivity contribution in [3.8, 4) is 0 Å². The molecule has 0 aliphatic carbocycles. The molecule has 24 heavy (non-hydrogen) atoms. The third-order valence-electron chi connectivity index (χ3n) is 3.70. The molecular formula is C19H27N3OS. The summed E-state index contributed by atoms with van der Waals surface area (Å²) in [4.78, 5) is 4.53. The Kier molecular flexibility index (Phi) is 6.37. The van der Waals surface area contributed by atoms with E-state index in [1.807, 2.05) is 25.1 Å². The fraction of sp³-hybridized carbons (Fsp3) is 0.474. The first-order chi connectivity index (χ1) is 11.4. The quantitative estimate of drug-likeness (QED) is 0.615. The standard InChI is InChI=1S/C19H27N3OS/c1-14-16(23-17(22-14)19(2,3)4)11-8-12-20-18(24)21-13-15-9-6-5-7-10-15/h5-7,9-10H,8,11-13H2,1-4H3,(H2,20,21,24). The number of aryl methyl sites for hydroxylation is 2. The van der Waals surface area contributed by atoms with Crippen molar-refractivity contribution in [2.75, 3.05) is 6.54 Å². The van der Waals surface area contributed by atoms with E-state index in [0.717, 1.165) is 43.3 Å². The summed E-state index contributed by atoms with van der Waals surface area (Å²) in [7, 11) is 0. The molecule has 1 heterocycles. The van der Waals surface area contributed by atoms with E-state index in [-0.39, 0.29) is 5.41 Å². The summed E-state index contributed by atoms with van der Waals surface area (Å²) in [6.45, 7) is 9.89. The van der Waals surface area contributed by atoms with E-state index in [0.29, 0.717) is 5.11 Å². The van der Waals surface area contributed by atoms with Crippen molar-refractivity contribution in [1.82, 2.24) is 15.6 Å². The molecular weight excluding hydrogens is 318 g/mol. The van der Waals surface area contributed by atoms with Gasteiger partial charge in [0.25, 0.3) is 0 Å². The van der Waals surface area contributed by atoms with Crippen LogP contribution in [-0.2, 0) is 18.4 Å². The molecule has 0 saturated carbocycles. The van der Waals surface area contributed by atoms with Crippen molar-refractivity contribution in [2.24, 2.45) is 0 Å². The maximum absolute atomic E-state index is 5.90. The second-order valence-corrected chi connectivity index (χ2v) is 7.38. The van der Waals surface area contributed by atoms with E-state index < -0.39 is 0 Å². The van der Waals surface area contributed by atoms with Gasteiger partial charge in [0.15, 0.2) is 11.0 Å². The Balaban J connectivity index is 1.69. The Hall–Kier alpha value is -1.88. The lowest BCUT2D eigenvalue weighted by atomic mass is 9.97. The van der Waals surface area contributed by atoms with E-state index in [9.17, 15) is 0 Å². The van der Waals surface area contributed by atoms with Crippen LogP contribution in [0.4, 0.5) is 0 Å². The van der Waals surface area contributed by atoms with Crippen LogP contribution in [0.5, 0.6) is 0 Å². The minimum Gasteiger partial charge on any atom is -0.445 e. The zero-order valence-corrected chi connectivity index (χ0v) is 15.8. The summed E-state index contributed by atoms with van der Waals surface area (Å²) in [6, 6.07) is 10.2. The van der Waals surface area contributed by atoms with Crippen LogP contribution >= 0.6 is 12.2 Å². The normalized spacial score (nSPS) is 11.3. The SMILES string of the molecule is Cc1nc(C(C)(C)C)oc1CCCNC(=S)NCc1ccccc1. The fourth-order valence-corrected chi connectivity index (χ4v) is 2.45.